The fourth-order valence-corrected chi connectivity index (χ4v) is 3.64. The number of aryl methyl sites for hydroxylation is 1. The van der Waals surface area contributed by atoms with Crippen LogP contribution in [0.5, 0.6) is 5.75 Å². The molecule has 3 heterocycles. The van der Waals surface area contributed by atoms with Crippen LogP contribution < -0.4 is 10.1 Å². The number of nitrogens with zero attached hydrogens (tertiary/aromatic N) is 3. The van der Waals surface area contributed by atoms with Crippen LogP contribution in [0.1, 0.15) is 29.5 Å². The van der Waals surface area contributed by atoms with E-state index in [1.54, 1.807) is 23.2 Å². The number of hydrogen-bond donors (Lipinski definition) is 1. The van der Waals surface area contributed by atoms with Crippen molar-refractivity contribution in [2.24, 2.45) is 0 Å². The Morgan fingerprint density at radius 3 is 2.84 bits per heavy atom. The molecule has 0 atom stereocenters. The summed E-state index contributed by atoms with van der Waals surface area (Å²) in [5, 5.41) is 2.76. The minimum atomic E-state index is -0.0378. The average Bonchev–Trinajstić information content (AvgIpc) is 2.81. The quantitative estimate of drug-likeness (QED) is 0.600. The number of hydrogen-bond acceptors (Lipinski definition) is 4. The normalized spacial score (nSPS) is 15.6. The van der Waals surface area contributed by atoms with Crippen LogP contribution in [0, 0.1) is 6.57 Å². The molecule has 0 saturated heterocycles. The maximum Gasteiger partial charge on any atom is 0.357 e. The molecule has 1 aromatic carbocycles. The Bertz CT molecular complexity index is 1100. The van der Waals surface area contributed by atoms with Crippen molar-refractivity contribution in [1.82, 2.24) is 9.88 Å². The van der Waals surface area contributed by atoms with E-state index in [0.717, 1.165) is 23.1 Å². The van der Waals surface area contributed by atoms with E-state index in [0.29, 0.717) is 37.5 Å². The summed E-state index contributed by atoms with van der Waals surface area (Å²) in [5.74, 6) is 1.24. The smallest absolute Gasteiger partial charge is 0.357 e. The fourth-order valence-electron chi connectivity index (χ4n) is 3.64. The molecule has 31 heavy (non-hydrogen) atoms. The monoisotopic (exact) mass is 414 g/mol. The molecule has 0 spiro atoms. The highest BCUT2D eigenvalue weighted by Gasteiger charge is 2.17. The molecule has 0 aliphatic carbocycles. The molecule has 0 fully saturated rings. The largest absolute Gasteiger partial charge is 0.426 e. The second kappa shape index (κ2) is 9.26. The van der Waals surface area contributed by atoms with E-state index in [-0.39, 0.29) is 18.5 Å². The summed E-state index contributed by atoms with van der Waals surface area (Å²) in [4.78, 5) is 33.3. The summed E-state index contributed by atoms with van der Waals surface area (Å²) < 4.78 is 5.29. The van der Waals surface area contributed by atoms with Gasteiger partial charge in [0.05, 0.1) is 0 Å². The fraction of sp³-hybridized carbons (Fsp3) is 0.250. The number of ether oxygens (including phenoxy) is 1. The van der Waals surface area contributed by atoms with Gasteiger partial charge in [-0.3, -0.25) is 14.4 Å². The van der Waals surface area contributed by atoms with Crippen LogP contribution >= 0.6 is 0 Å². The van der Waals surface area contributed by atoms with Crippen LogP contribution in [0.25, 0.3) is 16.5 Å². The van der Waals surface area contributed by atoms with Gasteiger partial charge >= 0.3 is 6.73 Å². The van der Waals surface area contributed by atoms with Crippen molar-refractivity contribution in [3.8, 4) is 5.75 Å². The van der Waals surface area contributed by atoms with Crippen molar-refractivity contribution in [3.63, 3.8) is 0 Å². The Labute approximate surface area is 180 Å². The molecular formula is C24H22N4O3. The number of anilines is 1. The predicted octanol–water partition coefficient (Wildman–Crippen LogP) is 3.55. The summed E-state index contributed by atoms with van der Waals surface area (Å²) in [6.45, 7) is 8.00. The Hall–Kier alpha value is -3.92. The molecule has 7 nitrogen and oxygen atoms in total. The molecule has 0 unspecified atom stereocenters. The molecule has 156 valence electrons. The molecule has 7 heteroatoms. The summed E-state index contributed by atoms with van der Waals surface area (Å²) in [6.07, 6.45) is 8.99. The van der Waals surface area contributed by atoms with E-state index in [1.165, 1.54) is 5.57 Å². The van der Waals surface area contributed by atoms with Crippen LogP contribution in [0.2, 0.25) is 0 Å². The maximum atomic E-state index is 12.6. The maximum absolute atomic E-state index is 12.6. The van der Waals surface area contributed by atoms with Crippen LogP contribution in [-0.4, -0.2) is 41.5 Å². The summed E-state index contributed by atoms with van der Waals surface area (Å²) in [5.41, 5.74) is 4.14. The Morgan fingerprint density at radius 2 is 2.10 bits per heavy atom. The summed E-state index contributed by atoms with van der Waals surface area (Å²) in [7, 11) is 0. The lowest BCUT2D eigenvalue weighted by Gasteiger charge is -2.25. The van der Waals surface area contributed by atoms with E-state index < -0.39 is 0 Å². The third kappa shape index (κ3) is 4.98. The molecule has 1 N–H and O–H groups in total. The Balaban J connectivity index is 1.35. The molecule has 2 aromatic rings. The minimum absolute atomic E-state index is 0.0136. The second-order valence-electron chi connectivity index (χ2n) is 7.38. The number of nitrogens with one attached hydrogen (secondary N) is 1. The third-order valence-electron chi connectivity index (χ3n) is 5.33. The summed E-state index contributed by atoms with van der Waals surface area (Å²) in [6, 6.07) is 9.65. The van der Waals surface area contributed by atoms with E-state index in [2.05, 4.69) is 21.2 Å². The molecule has 0 saturated carbocycles. The zero-order chi connectivity index (χ0) is 21.6. The van der Waals surface area contributed by atoms with Gasteiger partial charge in [0.25, 0.3) is 0 Å². The highest BCUT2D eigenvalue weighted by molar-refractivity contribution is 5.94. The number of carbonyl (C=O) groups excluding carboxylic acids is 2. The number of fused-ring (bicyclic) bond motifs is 1. The molecule has 0 radical (unpaired) electrons. The molecule has 2 aliphatic rings. The van der Waals surface area contributed by atoms with Gasteiger partial charge in [0, 0.05) is 31.8 Å². The molecular weight excluding hydrogens is 392 g/mol. The zero-order valence-corrected chi connectivity index (χ0v) is 17.0. The number of pyridine rings is 1. The highest BCUT2D eigenvalue weighted by atomic mass is 16.5. The Kier molecular flexibility index (Phi) is 6.08. The first kappa shape index (κ1) is 20.4. The minimum Gasteiger partial charge on any atom is -0.426 e. The van der Waals surface area contributed by atoms with Crippen molar-refractivity contribution >= 4 is 29.3 Å². The SMILES string of the molecule is [C-]#[N+]COc1ccc(C2=CCN(C(=O)/C=C/c3cnc4c(c3)CCC(=O)N4)CC2)cc1. The van der Waals surface area contributed by atoms with E-state index in [9.17, 15) is 9.59 Å². The predicted molar refractivity (Wildman–Crippen MR) is 118 cm³/mol. The standard InChI is InChI=1S/C24H22N4O3/c1-25-16-31-21-6-3-18(4-7-21)19-10-12-28(13-11-19)23(30)9-2-17-14-20-5-8-22(29)27-24(20)26-15-17/h2-4,6-7,9-10,14-15H,5,8,11-13,16H2,(H,26,27,29)/b9-2+. The van der Waals surface area contributed by atoms with Gasteiger partial charge < -0.3 is 15.0 Å². The lowest BCUT2D eigenvalue weighted by molar-refractivity contribution is -0.125. The van der Waals surface area contributed by atoms with Crippen LogP contribution in [0.3, 0.4) is 0 Å². The molecule has 4 rings (SSSR count). The Morgan fingerprint density at radius 1 is 1.26 bits per heavy atom. The molecule has 1 aromatic heterocycles. The van der Waals surface area contributed by atoms with Gasteiger partial charge in [-0.2, -0.15) is 0 Å². The molecule has 2 aliphatic heterocycles. The van der Waals surface area contributed by atoms with Gasteiger partial charge in [0.2, 0.25) is 11.8 Å². The summed E-state index contributed by atoms with van der Waals surface area (Å²) >= 11 is 0. The number of benzene rings is 1. The first-order valence-electron chi connectivity index (χ1n) is 10.1. The zero-order valence-electron chi connectivity index (χ0n) is 17.0. The van der Waals surface area contributed by atoms with E-state index in [1.807, 2.05) is 30.3 Å². The second-order valence-corrected chi connectivity index (χ2v) is 7.38. The van der Waals surface area contributed by atoms with Gasteiger partial charge in [-0.15, -0.1) is 0 Å². The van der Waals surface area contributed by atoms with Crippen LogP contribution in [0.15, 0.2) is 48.7 Å². The lowest BCUT2D eigenvalue weighted by Crippen LogP contribution is -2.33. The van der Waals surface area contributed by atoms with Gasteiger partial charge in [-0.1, -0.05) is 18.2 Å². The molecule has 0 bridgehead atoms. The number of carbonyl (C=O) groups is 2. The van der Waals surface area contributed by atoms with Crippen molar-refractivity contribution < 1.29 is 14.3 Å². The van der Waals surface area contributed by atoms with Crippen molar-refractivity contribution in [3.05, 3.63) is 76.8 Å². The van der Waals surface area contributed by atoms with Crippen molar-refractivity contribution in [2.45, 2.75) is 19.3 Å². The number of amides is 2. The van der Waals surface area contributed by atoms with Gasteiger partial charge in [0.1, 0.15) is 11.6 Å². The van der Waals surface area contributed by atoms with Crippen LogP contribution in [0.4, 0.5) is 5.82 Å². The van der Waals surface area contributed by atoms with E-state index >= 15 is 0 Å². The number of rotatable bonds is 5. The van der Waals surface area contributed by atoms with Gasteiger partial charge in [-0.05, 0) is 59.4 Å². The van der Waals surface area contributed by atoms with Crippen molar-refractivity contribution in [2.75, 3.05) is 25.1 Å². The molecule has 2 amide bonds. The van der Waals surface area contributed by atoms with Crippen molar-refractivity contribution in [1.29, 1.82) is 0 Å². The van der Waals surface area contributed by atoms with Crippen LogP contribution in [-0.2, 0) is 16.0 Å². The van der Waals surface area contributed by atoms with E-state index in [4.69, 9.17) is 11.3 Å². The van der Waals surface area contributed by atoms with Gasteiger partial charge in [-0.25, -0.2) is 11.6 Å². The van der Waals surface area contributed by atoms with Gasteiger partial charge in [0.15, 0.2) is 0 Å². The third-order valence-corrected chi connectivity index (χ3v) is 5.33. The lowest BCUT2D eigenvalue weighted by atomic mass is 9.99. The topological polar surface area (TPSA) is 75.9 Å². The highest BCUT2D eigenvalue weighted by Crippen LogP contribution is 2.25. The number of aromatic nitrogens is 1. The first-order chi connectivity index (χ1) is 15.1. The first-order valence-corrected chi connectivity index (χ1v) is 10.1. The average molecular weight is 414 g/mol.